The van der Waals surface area contributed by atoms with Gasteiger partial charge in [-0.1, -0.05) is 6.07 Å². The summed E-state index contributed by atoms with van der Waals surface area (Å²) in [5, 5.41) is 6.29. The van der Waals surface area contributed by atoms with Crippen LogP contribution in [-0.2, 0) is 10.2 Å². The van der Waals surface area contributed by atoms with E-state index in [4.69, 9.17) is 9.47 Å². The van der Waals surface area contributed by atoms with Gasteiger partial charge in [0.05, 0.1) is 5.41 Å². The van der Waals surface area contributed by atoms with Gasteiger partial charge in [-0.3, -0.25) is 4.79 Å². The zero-order valence-electron chi connectivity index (χ0n) is 13.1. The van der Waals surface area contributed by atoms with Crippen LogP contribution in [0.5, 0.6) is 11.5 Å². The van der Waals surface area contributed by atoms with Gasteiger partial charge in [0.15, 0.2) is 11.5 Å². The molecule has 0 saturated carbocycles. The van der Waals surface area contributed by atoms with E-state index in [-0.39, 0.29) is 12.7 Å². The Labute approximate surface area is 139 Å². The maximum Gasteiger partial charge on any atom is 0.236 e. The third-order valence-electron chi connectivity index (χ3n) is 5.23. The lowest BCUT2D eigenvalue weighted by Crippen LogP contribution is -2.44. The summed E-state index contributed by atoms with van der Waals surface area (Å²) in [4.78, 5) is 17.1. The second-order valence-corrected chi connectivity index (χ2v) is 6.47. The Morgan fingerprint density at radius 2 is 1.88 bits per heavy atom. The average molecular weight is 323 g/mol. The van der Waals surface area contributed by atoms with E-state index in [1.807, 2.05) is 18.2 Å². The van der Waals surface area contributed by atoms with Crippen molar-refractivity contribution in [2.45, 2.75) is 18.3 Å². The standard InChI is InChI=1S/C18H17N3O3/c22-17-18(3-5-19-6-4-18)13-7-12(9-20-16(13)21-17)11-1-2-14-15(8-11)24-10-23-14/h1-2,7-9,19H,3-6,10H2,(H,20,21,22). The van der Waals surface area contributed by atoms with Gasteiger partial charge in [-0.15, -0.1) is 0 Å². The molecule has 1 spiro atoms. The number of anilines is 1. The number of hydrogen-bond acceptors (Lipinski definition) is 5. The van der Waals surface area contributed by atoms with Crippen molar-refractivity contribution in [3.63, 3.8) is 0 Å². The van der Waals surface area contributed by atoms with Gasteiger partial charge in [0.2, 0.25) is 12.7 Å². The van der Waals surface area contributed by atoms with Crippen LogP contribution in [0.4, 0.5) is 5.82 Å². The number of hydrogen-bond donors (Lipinski definition) is 2. The lowest BCUT2D eigenvalue weighted by molar-refractivity contribution is -0.121. The number of rotatable bonds is 1. The number of fused-ring (bicyclic) bond motifs is 3. The fourth-order valence-electron chi connectivity index (χ4n) is 3.86. The summed E-state index contributed by atoms with van der Waals surface area (Å²) >= 11 is 0. The predicted molar refractivity (Wildman–Crippen MR) is 88.2 cm³/mol. The van der Waals surface area contributed by atoms with Gasteiger partial charge < -0.3 is 20.1 Å². The van der Waals surface area contributed by atoms with E-state index in [0.29, 0.717) is 5.82 Å². The number of nitrogens with zero attached hydrogens (tertiary/aromatic N) is 1. The maximum atomic E-state index is 12.6. The lowest BCUT2D eigenvalue weighted by atomic mass is 9.74. The Hall–Kier alpha value is -2.60. The Morgan fingerprint density at radius 1 is 1.04 bits per heavy atom. The van der Waals surface area contributed by atoms with Gasteiger partial charge >= 0.3 is 0 Å². The van der Waals surface area contributed by atoms with Crippen molar-refractivity contribution in [2.75, 3.05) is 25.2 Å². The van der Waals surface area contributed by atoms with Crippen LogP contribution in [0, 0.1) is 0 Å². The van der Waals surface area contributed by atoms with Gasteiger partial charge in [-0.25, -0.2) is 4.98 Å². The Morgan fingerprint density at radius 3 is 2.75 bits per heavy atom. The number of pyridine rings is 1. The van der Waals surface area contributed by atoms with Crippen molar-refractivity contribution >= 4 is 11.7 Å². The summed E-state index contributed by atoms with van der Waals surface area (Å²) in [6.07, 6.45) is 3.41. The fourth-order valence-corrected chi connectivity index (χ4v) is 3.86. The van der Waals surface area contributed by atoms with E-state index >= 15 is 0 Å². The van der Waals surface area contributed by atoms with Gasteiger partial charge in [0.25, 0.3) is 0 Å². The van der Waals surface area contributed by atoms with Crippen LogP contribution >= 0.6 is 0 Å². The van der Waals surface area contributed by atoms with Crippen LogP contribution in [0.3, 0.4) is 0 Å². The molecule has 2 N–H and O–H groups in total. The molecule has 5 rings (SSSR count). The normalized spacial score (nSPS) is 20.1. The van der Waals surface area contributed by atoms with Crippen molar-refractivity contribution in [1.82, 2.24) is 10.3 Å². The van der Waals surface area contributed by atoms with Crippen molar-refractivity contribution < 1.29 is 14.3 Å². The molecule has 1 aromatic heterocycles. The molecule has 1 amide bonds. The number of ether oxygens (including phenoxy) is 2. The molecule has 0 radical (unpaired) electrons. The van der Waals surface area contributed by atoms with E-state index in [0.717, 1.165) is 54.1 Å². The van der Waals surface area contributed by atoms with E-state index in [1.54, 1.807) is 6.20 Å². The first kappa shape index (κ1) is 13.8. The zero-order chi connectivity index (χ0) is 16.1. The Bertz CT molecular complexity index is 843. The van der Waals surface area contributed by atoms with Crippen LogP contribution in [-0.4, -0.2) is 30.8 Å². The molecule has 3 aliphatic heterocycles. The number of carbonyl (C=O) groups is 1. The summed E-state index contributed by atoms with van der Waals surface area (Å²) in [7, 11) is 0. The van der Waals surface area contributed by atoms with Gasteiger partial charge in [-0.2, -0.15) is 0 Å². The number of benzene rings is 1. The molecule has 6 nitrogen and oxygen atoms in total. The molecule has 0 unspecified atom stereocenters. The number of piperidine rings is 1. The Kier molecular flexibility index (Phi) is 2.84. The number of nitrogens with one attached hydrogen (secondary N) is 2. The highest BCUT2D eigenvalue weighted by atomic mass is 16.7. The molecule has 3 aliphatic rings. The van der Waals surface area contributed by atoms with Crippen molar-refractivity contribution in [3.05, 3.63) is 36.0 Å². The second kappa shape index (κ2) is 4.95. The van der Waals surface area contributed by atoms with Crippen LogP contribution in [0.25, 0.3) is 11.1 Å². The van der Waals surface area contributed by atoms with E-state index in [1.165, 1.54) is 0 Å². The van der Waals surface area contributed by atoms with Crippen LogP contribution < -0.4 is 20.1 Å². The minimum atomic E-state index is -0.445. The first-order valence-electron chi connectivity index (χ1n) is 8.19. The minimum absolute atomic E-state index is 0.0781. The van der Waals surface area contributed by atoms with Crippen LogP contribution in [0.2, 0.25) is 0 Å². The molecule has 1 fully saturated rings. The summed E-state index contributed by atoms with van der Waals surface area (Å²) in [6.45, 7) is 1.96. The third kappa shape index (κ3) is 1.86. The summed E-state index contributed by atoms with van der Waals surface area (Å²) < 4.78 is 10.8. The minimum Gasteiger partial charge on any atom is -0.454 e. The van der Waals surface area contributed by atoms with E-state index in [2.05, 4.69) is 21.7 Å². The van der Waals surface area contributed by atoms with Crippen molar-refractivity contribution in [2.24, 2.45) is 0 Å². The van der Waals surface area contributed by atoms with Crippen LogP contribution in [0.1, 0.15) is 18.4 Å². The van der Waals surface area contributed by atoms with Gasteiger partial charge in [0, 0.05) is 17.3 Å². The highest BCUT2D eigenvalue weighted by molar-refractivity contribution is 6.05. The second-order valence-electron chi connectivity index (χ2n) is 6.47. The Balaban J connectivity index is 1.60. The highest BCUT2D eigenvalue weighted by Crippen LogP contribution is 2.44. The molecular formula is C18H17N3O3. The molecule has 122 valence electrons. The first-order valence-corrected chi connectivity index (χ1v) is 8.19. The largest absolute Gasteiger partial charge is 0.454 e. The van der Waals surface area contributed by atoms with E-state index in [9.17, 15) is 4.79 Å². The quantitative estimate of drug-likeness (QED) is 0.840. The van der Waals surface area contributed by atoms with Crippen molar-refractivity contribution in [1.29, 1.82) is 0 Å². The SMILES string of the molecule is O=C1Nc2ncc(-c3ccc4c(c3)OCO4)cc2C12CCNCC2. The number of amides is 1. The van der Waals surface area contributed by atoms with Gasteiger partial charge in [-0.05, 0) is 49.7 Å². The molecule has 24 heavy (non-hydrogen) atoms. The topological polar surface area (TPSA) is 72.5 Å². The summed E-state index contributed by atoms with van der Waals surface area (Å²) in [5.41, 5.74) is 2.57. The molecule has 0 atom stereocenters. The van der Waals surface area contributed by atoms with Crippen LogP contribution in [0.15, 0.2) is 30.5 Å². The maximum absolute atomic E-state index is 12.6. The zero-order valence-corrected chi connectivity index (χ0v) is 13.1. The monoisotopic (exact) mass is 323 g/mol. The number of aromatic nitrogens is 1. The van der Waals surface area contributed by atoms with Crippen molar-refractivity contribution in [3.8, 4) is 22.6 Å². The van der Waals surface area contributed by atoms with Gasteiger partial charge in [0.1, 0.15) is 5.82 Å². The average Bonchev–Trinajstić information content (AvgIpc) is 3.19. The molecule has 0 bridgehead atoms. The molecule has 1 saturated heterocycles. The summed E-state index contributed by atoms with van der Waals surface area (Å²) in [6, 6.07) is 7.97. The molecule has 2 aromatic rings. The molecule has 4 heterocycles. The lowest BCUT2D eigenvalue weighted by Gasteiger charge is -2.31. The predicted octanol–water partition coefficient (Wildman–Crippen LogP) is 2.05. The molecule has 0 aliphatic carbocycles. The van der Waals surface area contributed by atoms with E-state index < -0.39 is 5.41 Å². The smallest absolute Gasteiger partial charge is 0.236 e. The molecular weight excluding hydrogens is 306 g/mol. The number of carbonyl (C=O) groups excluding carboxylic acids is 1. The fraction of sp³-hybridized carbons (Fsp3) is 0.333. The first-order chi connectivity index (χ1) is 11.8. The highest BCUT2D eigenvalue weighted by Gasteiger charge is 2.48. The molecule has 1 aromatic carbocycles. The summed E-state index contributed by atoms with van der Waals surface area (Å²) in [5.74, 6) is 2.29. The molecule has 6 heteroatoms. The third-order valence-corrected chi connectivity index (χ3v) is 5.23.